The average Bonchev–Trinajstić information content (AvgIpc) is 2.40. The lowest BCUT2D eigenvalue weighted by Crippen LogP contribution is -2.45. The molecule has 0 saturated heterocycles. The number of rotatable bonds is 4. The van der Waals surface area contributed by atoms with E-state index in [2.05, 4.69) is 37.5 Å². The van der Waals surface area contributed by atoms with Crippen molar-refractivity contribution in [2.45, 2.75) is 57.9 Å². The van der Waals surface area contributed by atoms with Gasteiger partial charge in [0.2, 0.25) is 5.92 Å². The Morgan fingerprint density at radius 3 is 2.55 bits per heavy atom. The summed E-state index contributed by atoms with van der Waals surface area (Å²) in [6.07, 6.45) is 1.88. The molecule has 2 nitrogen and oxygen atoms in total. The minimum Gasteiger partial charge on any atom is -0.271 e. The molecule has 4 heteroatoms. The van der Waals surface area contributed by atoms with Crippen LogP contribution in [0, 0.1) is 19.8 Å². The van der Waals surface area contributed by atoms with Crippen LogP contribution in [0.25, 0.3) is 0 Å². The number of hydrogen-bond donors (Lipinski definition) is 2. The lowest BCUT2D eigenvalue weighted by Gasteiger charge is -2.33. The molecule has 2 rings (SSSR count). The van der Waals surface area contributed by atoms with Gasteiger partial charge in [-0.15, -0.1) is 0 Å². The third kappa shape index (κ3) is 3.76. The first-order valence-corrected chi connectivity index (χ1v) is 7.31. The van der Waals surface area contributed by atoms with Gasteiger partial charge in [0.25, 0.3) is 0 Å². The summed E-state index contributed by atoms with van der Waals surface area (Å²) in [5.41, 5.74) is 6.56. The van der Waals surface area contributed by atoms with Crippen molar-refractivity contribution in [3.05, 3.63) is 34.9 Å². The van der Waals surface area contributed by atoms with Crippen molar-refractivity contribution in [1.29, 1.82) is 0 Å². The fraction of sp³-hybridized carbons (Fsp3) is 0.625. The number of halogens is 2. The zero-order chi connectivity index (χ0) is 14.8. The lowest BCUT2D eigenvalue weighted by molar-refractivity contribution is -0.0495. The van der Waals surface area contributed by atoms with Crippen molar-refractivity contribution in [2.24, 2.45) is 11.8 Å². The molecule has 20 heavy (non-hydrogen) atoms. The van der Waals surface area contributed by atoms with Gasteiger partial charge in [-0.3, -0.25) is 11.3 Å². The molecule has 1 fully saturated rings. The topological polar surface area (TPSA) is 38.0 Å². The molecule has 1 unspecified atom stereocenters. The van der Waals surface area contributed by atoms with E-state index in [0.717, 1.165) is 6.42 Å². The predicted octanol–water partition coefficient (Wildman–Crippen LogP) is 3.50. The van der Waals surface area contributed by atoms with Crippen LogP contribution in [0.1, 0.15) is 42.4 Å². The number of nitrogens with two attached hydrogens (primary N) is 1. The summed E-state index contributed by atoms with van der Waals surface area (Å²) in [7, 11) is 0. The maximum Gasteiger partial charge on any atom is 0.248 e. The van der Waals surface area contributed by atoms with Gasteiger partial charge < -0.3 is 0 Å². The molecule has 1 saturated carbocycles. The molecule has 1 aromatic carbocycles. The maximum atomic E-state index is 13.2. The molecule has 1 aliphatic carbocycles. The molecule has 0 amide bonds. The Morgan fingerprint density at radius 1 is 1.30 bits per heavy atom. The van der Waals surface area contributed by atoms with E-state index in [9.17, 15) is 8.78 Å². The molecule has 1 aromatic rings. The Balaban J connectivity index is 2.04. The molecule has 0 radical (unpaired) electrons. The van der Waals surface area contributed by atoms with E-state index in [0.29, 0.717) is 12.8 Å². The van der Waals surface area contributed by atoms with Crippen LogP contribution < -0.4 is 11.3 Å². The van der Waals surface area contributed by atoms with Gasteiger partial charge in [0.15, 0.2) is 0 Å². The van der Waals surface area contributed by atoms with Crippen molar-refractivity contribution in [3.8, 4) is 0 Å². The van der Waals surface area contributed by atoms with Crippen molar-refractivity contribution in [3.63, 3.8) is 0 Å². The van der Waals surface area contributed by atoms with E-state index >= 15 is 0 Å². The molecular formula is C16H24F2N2. The Hall–Kier alpha value is -1.00. The maximum absolute atomic E-state index is 13.2. The van der Waals surface area contributed by atoms with Gasteiger partial charge in [-0.05, 0) is 50.2 Å². The molecule has 0 aromatic heterocycles. The zero-order valence-corrected chi connectivity index (χ0v) is 12.3. The highest BCUT2D eigenvalue weighted by Gasteiger charge is 2.37. The normalized spacial score (nSPS) is 20.9. The summed E-state index contributed by atoms with van der Waals surface area (Å²) >= 11 is 0. The first-order valence-electron chi connectivity index (χ1n) is 7.31. The van der Waals surface area contributed by atoms with E-state index in [1.807, 2.05) is 0 Å². The van der Waals surface area contributed by atoms with Crippen LogP contribution in [-0.2, 0) is 6.42 Å². The number of nitrogens with one attached hydrogen (secondary N) is 1. The number of aryl methyl sites for hydroxylation is 2. The predicted molar refractivity (Wildman–Crippen MR) is 77.6 cm³/mol. The Labute approximate surface area is 119 Å². The summed E-state index contributed by atoms with van der Waals surface area (Å²) in [4.78, 5) is 0. The van der Waals surface area contributed by atoms with Crippen molar-refractivity contribution in [2.75, 3.05) is 0 Å². The molecule has 1 aliphatic rings. The molecule has 0 aliphatic heterocycles. The summed E-state index contributed by atoms with van der Waals surface area (Å²) in [6.45, 7) is 4.15. The zero-order valence-electron chi connectivity index (χ0n) is 12.3. The van der Waals surface area contributed by atoms with Crippen molar-refractivity contribution in [1.82, 2.24) is 5.43 Å². The van der Waals surface area contributed by atoms with Crippen LogP contribution in [0.15, 0.2) is 18.2 Å². The van der Waals surface area contributed by atoms with E-state index in [1.165, 1.54) is 16.7 Å². The van der Waals surface area contributed by atoms with Gasteiger partial charge in [0.05, 0.1) is 0 Å². The summed E-state index contributed by atoms with van der Waals surface area (Å²) < 4.78 is 26.5. The van der Waals surface area contributed by atoms with Crippen molar-refractivity contribution >= 4 is 0 Å². The fourth-order valence-corrected chi connectivity index (χ4v) is 3.08. The Morgan fingerprint density at radius 2 is 1.95 bits per heavy atom. The van der Waals surface area contributed by atoms with Gasteiger partial charge in [-0.2, -0.15) is 0 Å². The molecule has 112 valence electrons. The molecule has 1 atom stereocenters. The van der Waals surface area contributed by atoms with Gasteiger partial charge in [0, 0.05) is 18.9 Å². The van der Waals surface area contributed by atoms with Crippen LogP contribution >= 0.6 is 0 Å². The van der Waals surface area contributed by atoms with Crippen molar-refractivity contribution < 1.29 is 8.78 Å². The van der Waals surface area contributed by atoms with E-state index < -0.39 is 5.92 Å². The van der Waals surface area contributed by atoms with Crippen LogP contribution in [-0.4, -0.2) is 12.0 Å². The average molecular weight is 282 g/mol. The standard InChI is InChI=1S/C16H24F2N2/c1-11-3-4-12(2)14(9-11)10-15(20-19)13-5-7-16(17,18)8-6-13/h3-4,9,13,15,20H,5-8,10,19H2,1-2H3. The summed E-state index contributed by atoms with van der Waals surface area (Å²) in [5, 5.41) is 0. The molecule has 3 N–H and O–H groups in total. The second-order valence-electron chi connectivity index (χ2n) is 6.10. The largest absolute Gasteiger partial charge is 0.271 e. The fourth-order valence-electron chi connectivity index (χ4n) is 3.08. The highest BCUT2D eigenvalue weighted by atomic mass is 19.3. The van der Waals surface area contributed by atoms with Crippen LogP contribution in [0.5, 0.6) is 0 Å². The van der Waals surface area contributed by atoms with Gasteiger partial charge in [0.1, 0.15) is 0 Å². The number of benzene rings is 1. The van der Waals surface area contributed by atoms with Gasteiger partial charge in [-0.1, -0.05) is 23.8 Å². The third-order valence-electron chi connectivity index (χ3n) is 4.49. The molecular weight excluding hydrogens is 258 g/mol. The number of hydrazine groups is 1. The first kappa shape index (κ1) is 15.4. The monoisotopic (exact) mass is 282 g/mol. The first-order chi connectivity index (χ1) is 9.41. The van der Waals surface area contributed by atoms with Crippen LogP contribution in [0.3, 0.4) is 0 Å². The van der Waals surface area contributed by atoms with E-state index in [4.69, 9.17) is 5.84 Å². The second-order valence-corrected chi connectivity index (χ2v) is 6.10. The van der Waals surface area contributed by atoms with E-state index in [1.54, 1.807) is 0 Å². The quantitative estimate of drug-likeness (QED) is 0.655. The minimum atomic E-state index is -2.48. The van der Waals surface area contributed by atoms with Crippen LogP contribution in [0.2, 0.25) is 0 Å². The lowest BCUT2D eigenvalue weighted by atomic mass is 9.80. The highest BCUT2D eigenvalue weighted by Crippen LogP contribution is 2.38. The molecule has 0 spiro atoms. The van der Waals surface area contributed by atoms with Gasteiger partial charge >= 0.3 is 0 Å². The summed E-state index contributed by atoms with van der Waals surface area (Å²) in [6, 6.07) is 6.43. The van der Waals surface area contributed by atoms with E-state index in [-0.39, 0.29) is 24.8 Å². The second kappa shape index (κ2) is 6.19. The third-order valence-corrected chi connectivity index (χ3v) is 4.49. The number of alkyl halides is 2. The summed E-state index contributed by atoms with van der Waals surface area (Å²) in [5.74, 6) is 3.43. The Kier molecular flexibility index (Phi) is 4.76. The smallest absolute Gasteiger partial charge is 0.248 e. The Bertz CT molecular complexity index is 450. The van der Waals surface area contributed by atoms with Crippen LogP contribution in [0.4, 0.5) is 8.78 Å². The molecule has 0 heterocycles. The van der Waals surface area contributed by atoms with Gasteiger partial charge in [-0.25, -0.2) is 8.78 Å². The molecule has 0 bridgehead atoms. The highest BCUT2D eigenvalue weighted by molar-refractivity contribution is 5.31. The number of hydrogen-bond acceptors (Lipinski definition) is 2. The minimum absolute atomic E-state index is 0.0113. The SMILES string of the molecule is Cc1ccc(C)c(CC(NN)C2CCC(F)(F)CC2)c1.